The van der Waals surface area contributed by atoms with Crippen molar-refractivity contribution in [2.24, 2.45) is 0 Å². The average molecular weight is 316 g/mol. The van der Waals surface area contributed by atoms with E-state index < -0.39 is 11.5 Å². The summed E-state index contributed by atoms with van der Waals surface area (Å²) in [5.74, 6) is -1.33. The topological polar surface area (TPSA) is 62.2 Å². The summed E-state index contributed by atoms with van der Waals surface area (Å²) < 4.78 is 36.1. The van der Waals surface area contributed by atoms with E-state index in [1.54, 1.807) is 24.3 Å². The summed E-state index contributed by atoms with van der Waals surface area (Å²) in [6, 6.07) is 8.38. The van der Waals surface area contributed by atoms with Crippen LogP contribution in [0.1, 0.15) is 10.4 Å². The Morgan fingerprint density at radius 1 is 1.33 bits per heavy atom. The number of halogens is 3. The van der Waals surface area contributed by atoms with Crippen molar-refractivity contribution in [2.45, 2.75) is 5.51 Å². The number of nitrogens with zero attached hydrogens (tertiary/aromatic N) is 1. The molecule has 0 saturated heterocycles. The molecule has 0 aliphatic heterocycles. The lowest BCUT2D eigenvalue weighted by Gasteiger charge is -2.10. The van der Waals surface area contributed by atoms with Crippen molar-refractivity contribution in [1.82, 2.24) is 4.98 Å². The highest BCUT2D eigenvalue weighted by Crippen LogP contribution is 2.29. The smallest absolute Gasteiger partial charge is 0.441 e. The summed E-state index contributed by atoms with van der Waals surface area (Å²) in [5, 5.41) is 12.4. The quantitative estimate of drug-likeness (QED) is 0.825. The molecule has 1 heterocycles. The van der Waals surface area contributed by atoms with Gasteiger partial charge in [0.25, 0.3) is 0 Å². The molecule has 21 heavy (non-hydrogen) atoms. The fourth-order valence-corrected chi connectivity index (χ4v) is 2.19. The van der Waals surface area contributed by atoms with Crippen LogP contribution in [-0.4, -0.2) is 33.9 Å². The van der Waals surface area contributed by atoms with Gasteiger partial charge in [-0.2, -0.15) is 13.2 Å². The van der Waals surface area contributed by atoms with Gasteiger partial charge in [-0.15, -0.1) is 0 Å². The van der Waals surface area contributed by atoms with Crippen molar-refractivity contribution >= 4 is 34.5 Å². The van der Waals surface area contributed by atoms with Gasteiger partial charge in [0.05, 0.1) is 5.52 Å². The van der Waals surface area contributed by atoms with Crippen LogP contribution in [0.3, 0.4) is 0 Å². The molecule has 1 aromatic carbocycles. The second-order valence-corrected chi connectivity index (χ2v) is 5.26. The summed E-state index contributed by atoms with van der Waals surface area (Å²) in [4.78, 5) is 15.3. The van der Waals surface area contributed by atoms with Crippen LogP contribution in [0, 0.1) is 0 Å². The highest BCUT2D eigenvalue weighted by Gasteiger charge is 2.27. The standard InChI is InChI=1S/C13H11F3N2O2S/c14-13(15,16)21-6-5-17-11-9(12(19)20)7-8-3-1-2-4-10(8)18-11/h1-4,7H,5-6H2,(H,17,18)(H,19,20). The number of anilines is 1. The number of hydrogen-bond donors (Lipinski definition) is 2. The Kier molecular flexibility index (Phi) is 4.56. The largest absolute Gasteiger partial charge is 0.478 e. The van der Waals surface area contributed by atoms with Gasteiger partial charge in [0, 0.05) is 17.7 Å². The van der Waals surface area contributed by atoms with Crippen LogP contribution in [0.5, 0.6) is 0 Å². The molecule has 0 fully saturated rings. The van der Waals surface area contributed by atoms with Gasteiger partial charge in [-0.05, 0) is 23.9 Å². The highest BCUT2D eigenvalue weighted by molar-refractivity contribution is 8.00. The number of hydrogen-bond acceptors (Lipinski definition) is 4. The SMILES string of the molecule is O=C(O)c1cc2ccccc2nc1NCCSC(F)(F)F. The van der Waals surface area contributed by atoms with Crippen LogP contribution >= 0.6 is 11.8 Å². The number of nitrogens with one attached hydrogen (secondary N) is 1. The van der Waals surface area contributed by atoms with Crippen molar-refractivity contribution in [3.8, 4) is 0 Å². The molecule has 8 heteroatoms. The molecular weight excluding hydrogens is 305 g/mol. The predicted octanol–water partition coefficient (Wildman–Crippen LogP) is 3.60. The molecule has 0 unspecified atom stereocenters. The second-order valence-electron chi connectivity index (χ2n) is 4.10. The average Bonchev–Trinajstić information content (AvgIpc) is 2.41. The van der Waals surface area contributed by atoms with Gasteiger partial charge in [0.1, 0.15) is 11.4 Å². The zero-order valence-electron chi connectivity index (χ0n) is 10.6. The van der Waals surface area contributed by atoms with Crippen LogP contribution in [0.15, 0.2) is 30.3 Å². The third-order valence-electron chi connectivity index (χ3n) is 2.61. The molecule has 0 spiro atoms. The minimum atomic E-state index is -4.30. The summed E-state index contributed by atoms with van der Waals surface area (Å²) in [6.45, 7) is -0.0319. The number of pyridine rings is 1. The third-order valence-corrected chi connectivity index (χ3v) is 3.35. The molecule has 0 aliphatic rings. The molecular formula is C13H11F3N2O2S. The van der Waals surface area contributed by atoms with E-state index in [0.29, 0.717) is 10.9 Å². The zero-order chi connectivity index (χ0) is 15.5. The summed E-state index contributed by atoms with van der Waals surface area (Å²) in [6.07, 6.45) is 0. The molecule has 0 radical (unpaired) electrons. The van der Waals surface area contributed by atoms with Gasteiger partial charge in [0.2, 0.25) is 0 Å². The minimum absolute atomic E-state index is 0.0319. The summed E-state index contributed by atoms with van der Waals surface area (Å²) >= 11 is -0.167. The first-order valence-corrected chi connectivity index (χ1v) is 6.93. The van der Waals surface area contributed by atoms with Crippen LogP contribution < -0.4 is 5.32 Å². The number of carboxylic acid groups (broad SMARTS) is 1. The molecule has 0 bridgehead atoms. The Bertz CT molecular complexity index is 661. The normalized spacial score (nSPS) is 11.6. The number of rotatable bonds is 5. The van der Waals surface area contributed by atoms with Crippen molar-refractivity contribution in [3.05, 3.63) is 35.9 Å². The Morgan fingerprint density at radius 3 is 2.71 bits per heavy atom. The first kappa shape index (κ1) is 15.4. The second kappa shape index (κ2) is 6.21. The molecule has 4 nitrogen and oxygen atoms in total. The number of thioether (sulfide) groups is 1. The van der Waals surface area contributed by atoms with E-state index in [4.69, 9.17) is 5.11 Å². The molecule has 0 amide bonds. The minimum Gasteiger partial charge on any atom is -0.478 e. The lowest BCUT2D eigenvalue weighted by Crippen LogP contribution is -2.13. The monoisotopic (exact) mass is 316 g/mol. The summed E-state index contributed by atoms with van der Waals surface area (Å²) in [5.41, 5.74) is -3.78. The van der Waals surface area contributed by atoms with Crippen molar-refractivity contribution in [2.75, 3.05) is 17.6 Å². The zero-order valence-corrected chi connectivity index (χ0v) is 11.5. The molecule has 2 rings (SSSR count). The number of carboxylic acids is 1. The molecule has 2 N–H and O–H groups in total. The van der Waals surface area contributed by atoms with Crippen LogP contribution in [0.2, 0.25) is 0 Å². The van der Waals surface area contributed by atoms with Crippen LogP contribution in [0.4, 0.5) is 19.0 Å². The van der Waals surface area contributed by atoms with E-state index in [9.17, 15) is 18.0 Å². The van der Waals surface area contributed by atoms with Crippen molar-refractivity contribution < 1.29 is 23.1 Å². The van der Waals surface area contributed by atoms with Gasteiger partial charge < -0.3 is 10.4 Å². The Labute approximate surface area is 122 Å². The number of aromatic nitrogens is 1. The van der Waals surface area contributed by atoms with Gasteiger partial charge in [-0.25, -0.2) is 9.78 Å². The van der Waals surface area contributed by atoms with Crippen LogP contribution in [-0.2, 0) is 0 Å². The first-order chi connectivity index (χ1) is 9.87. The van der Waals surface area contributed by atoms with E-state index in [1.165, 1.54) is 6.07 Å². The molecule has 0 aliphatic carbocycles. The number of para-hydroxylation sites is 1. The third kappa shape index (κ3) is 4.25. The van der Waals surface area contributed by atoms with Crippen molar-refractivity contribution in [3.63, 3.8) is 0 Å². The van der Waals surface area contributed by atoms with Crippen molar-refractivity contribution in [1.29, 1.82) is 0 Å². The van der Waals surface area contributed by atoms with E-state index in [-0.39, 0.29) is 35.4 Å². The maximum atomic E-state index is 12.0. The maximum absolute atomic E-state index is 12.0. The number of fused-ring (bicyclic) bond motifs is 1. The predicted molar refractivity (Wildman–Crippen MR) is 75.7 cm³/mol. The van der Waals surface area contributed by atoms with E-state index in [0.717, 1.165) is 0 Å². The molecule has 2 aromatic rings. The fourth-order valence-electron chi connectivity index (χ4n) is 1.75. The van der Waals surface area contributed by atoms with E-state index in [1.807, 2.05) is 0 Å². The van der Waals surface area contributed by atoms with E-state index in [2.05, 4.69) is 10.3 Å². The lowest BCUT2D eigenvalue weighted by molar-refractivity contribution is -0.0327. The molecule has 112 valence electrons. The molecule has 0 atom stereocenters. The molecule has 1 aromatic heterocycles. The van der Waals surface area contributed by atoms with Gasteiger partial charge in [-0.3, -0.25) is 0 Å². The maximum Gasteiger partial charge on any atom is 0.441 e. The Hall–Kier alpha value is -1.96. The lowest BCUT2D eigenvalue weighted by atomic mass is 10.1. The highest BCUT2D eigenvalue weighted by atomic mass is 32.2. The van der Waals surface area contributed by atoms with E-state index >= 15 is 0 Å². The number of carbonyl (C=O) groups is 1. The van der Waals surface area contributed by atoms with Gasteiger partial charge in [-0.1, -0.05) is 18.2 Å². The Morgan fingerprint density at radius 2 is 2.05 bits per heavy atom. The first-order valence-electron chi connectivity index (χ1n) is 5.94. The number of alkyl halides is 3. The number of benzene rings is 1. The summed E-state index contributed by atoms with van der Waals surface area (Å²) in [7, 11) is 0. The fraction of sp³-hybridized carbons (Fsp3) is 0.231. The molecule has 0 saturated carbocycles. The Balaban J connectivity index is 2.17. The number of aromatic carboxylic acids is 1. The van der Waals surface area contributed by atoms with Gasteiger partial charge >= 0.3 is 11.5 Å². The van der Waals surface area contributed by atoms with Gasteiger partial charge in [0.15, 0.2) is 0 Å². The van der Waals surface area contributed by atoms with Crippen LogP contribution in [0.25, 0.3) is 10.9 Å².